The van der Waals surface area contributed by atoms with Crippen molar-refractivity contribution in [1.82, 2.24) is 10.4 Å². The minimum atomic E-state index is -0.395. The summed E-state index contributed by atoms with van der Waals surface area (Å²) in [6.07, 6.45) is 3.13. The molecule has 0 spiro atoms. The van der Waals surface area contributed by atoms with E-state index in [2.05, 4.69) is 20.8 Å². The Labute approximate surface area is 105 Å². The van der Waals surface area contributed by atoms with Gasteiger partial charge in [0.25, 0.3) is 0 Å². The molecule has 0 bridgehead atoms. The summed E-state index contributed by atoms with van der Waals surface area (Å²) in [5.74, 6) is 0. The van der Waals surface area contributed by atoms with Crippen molar-refractivity contribution >= 4 is 17.9 Å². The van der Waals surface area contributed by atoms with E-state index in [-0.39, 0.29) is 0 Å². The number of nitrogens with zero attached hydrogens (tertiary/aromatic N) is 2. The first-order chi connectivity index (χ1) is 8.84. The number of amides is 2. The predicted octanol–water partition coefficient (Wildman–Crippen LogP) is 2.24. The van der Waals surface area contributed by atoms with Gasteiger partial charge in [0.05, 0.1) is 11.9 Å². The van der Waals surface area contributed by atoms with E-state index >= 15 is 0 Å². The maximum absolute atomic E-state index is 11.4. The molecule has 0 aliphatic rings. The van der Waals surface area contributed by atoms with Gasteiger partial charge in [-0.3, -0.25) is 4.98 Å². The number of anilines is 1. The van der Waals surface area contributed by atoms with Crippen molar-refractivity contribution in [3.8, 4) is 0 Å². The van der Waals surface area contributed by atoms with E-state index in [0.29, 0.717) is 11.4 Å². The zero-order valence-corrected chi connectivity index (χ0v) is 9.58. The number of nitrogens with one attached hydrogen (secondary N) is 2. The van der Waals surface area contributed by atoms with E-state index in [1.54, 1.807) is 24.4 Å². The van der Waals surface area contributed by atoms with Crippen LogP contribution >= 0.6 is 0 Å². The largest absolute Gasteiger partial charge is 0.339 e. The number of pyridine rings is 1. The lowest BCUT2D eigenvalue weighted by atomic mass is 10.3. The maximum atomic E-state index is 11.4. The van der Waals surface area contributed by atoms with Crippen LogP contribution in [0.1, 0.15) is 5.69 Å². The monoisotopic (exact) mass is 240 g/mol. The SMILES string of the molecule is O=C(NN=Cc1ccccn1)Nc1ccccc1. The number of aromatic nitrogens is 1. The molecule has 0 fully saturated rings. The number of benzene rings is 1. The van der Waals surface area contributed by atoms with Crippen molar-refractivity contribution in [3.05, 3.63) is 60.4 Å². The molecule has 0 atom stereocenters. The summed E-state index contributed by atoms with van der Waals surface area (Å²) in [5.41, 5.74) is 3.75. The highest BCUT2D eigenvalue weighted by Crippen LogP contribution is 2.03. The van der Waals surface area contributed by atoms with Gasteiger partial charge in [-0.15, -0.1) is 0 Å². The molecule has 0 aliphatic carbocycles. The van der Waals surface area contributed by atoms with Crippen molar-refractivity contribution in [3.63, 3.8) is 0 Å². The summed E-state index contributed by atoms with van der Waals surface area (Å²) in [4.78, 5) is 15.5. The first-order valence-corrected chi connectivity index (χ1v) is 5.41. The summed E-state index contributed by atoms with van der Waals surface area (Å²) in [7, 11) is 0. The quantitative estimate of drug-likeness (QED) is 0.638. The average molecular weight is 240 g/mol. The summed E-state index contributed by atoms with van der Waals surface area (Å²) >= 11 is 0. The first-order valence-electron chi connectivity index (χ1n) is 5.41. The van der Waals surface area contributed by atoms with Crippen molar-refractivity contribution < 1.29 is 4.79 Å². The predicted molar refractivity (Wildman–Crippen MR) is 70.4 cm³/mol. The lowest BCUT2D eigenvalue weighted by Crippen LogP contribution is -2.24. The van der Waals surface area contributed by atoms with E-state index in [1.807, 2.05) is 30.3 Å². The Bertz CT molecular complexity index is 525. The molecule has 0 radical (unpaired) electrons. The lowest BCUT2D eigenvalue weighted by Gasteiger charge is -2.02. The van der Waals surface area contributed by atoms with Crippen LogP contribution in [0.3, 0.4) is 0 Å². The topological polar surface area (TPSA) is 66.4 Å². The molecular weight excluding hydrogens is 228 g/mol. The van der Waals surface area contributed by atoms with E-state index in [0.717, 1.165) is 0 Å². The second-order valence-electron chi connectivity index (χ2n) is 3.44. The van der Waals surface area contributed by atoms with Gasteiger partial charge in [0.15, 0.2) is 0 Å². The number of hydrazone groups is 1. The smallest absolute Gasteiger partial charge is 0.307 e. The van der Waals surface area contributed by atoms with Crippen LogP contribution in [0.2, 0.25) is 0 Å². The van der Waals surface area contributed by atoms with Crippen LogP contribution in [-0.2, 0) is 0 Å². The van der Waals surface area contributed by atoms with Crippen LogP contribution in [0.25, 0.3) is 0 Å². The highest BCUT2D eigenvalue weighted by Gasteiger charge is 1.97. The number of carbonyl (C=O) groups is 1. The van der Waals surface area contributed by atoms with Crippen molar-refractivity contribution in [2.45, 2.75) is 0 Å². The van der Waals surface area contributed by atoms with Gasteiger partial charge in [0, 0.05) is 11.9 Å². The minimum absolute atomic E-state index is 0.395. The number of urea groups is 1. The molecule has 0 aliphatic heterocycles. The third kappa shape index (κ3) is 3.71. The fourth-order valence-electron chi connectivity index (χ4n) is 1.29. The van der Waals surface area contributed by atoms with Crippen LogP contribution in [0.5, 0.6) is 0 Å². The lowest BCUT2D eigenvalue weighted by molar-refractivity contribution is 0.252. The van der Waals surface area contributed by atoms with Crippen LogP contribution in [-0.4, -0.2) is 17.2 Å². The summed E-state index contributed by atoms with van der Waals surface area (Å²) in [6, 6.07) is 14.2. The van der Waals surface area contributed by atoms with Crippen LogP contribution in [0.15, 0.2) is 59.8 Å². The fourth-order valence-corrected chi connectivity index (χ4v) is 1.29. The molecule has 1 aromatic carbocycles. The molecule has 0 saturated heterocycles. The number of rotatable bonds is 3. The van der Waals surface area contributed by atoms with E-state index in [9.17, 15) is 4.79 Å². The Morgan fingerprint density at radius 3 is 2.61 bits per heavy atom. The highest BCUT2D eigenvalue weighted by atomic mass is 16.2. The van der Waals surface area contributed by atoms with Crippen molar-refractivity contribution in [1.29, 1.82) is 0 Å². The van der Waals surface area contributed by atoms with Crippen molar-refractivity contribution in [2.24, 2.45) is 5.10 Å². The number of carbonyl (C=O) groups excluding carboxylic acids is 1. The average Bonchev–Trinajstić information content (AvgIpc) is 2.41. The number of hydrogen-bond acceptors (Lipinski definition) is 3. The Morgan fingerprint density at radius 1 is 1.11 bits per heavy atom. The second-order valence-corrected chi connectivity index (χ2v) is 3.44. The summed E-state index contributed by atoms with van der Waals surface area (Å²) < 4.78 is 0. The van der Waals surface area contributed by atoms with Gasteiger partial charge < -0.3 is 5.32 Å². The van der Waals surface area contributed by atoms with E-state index < -0.39 is 6.03 Å². The third-order valence-corrected chi connectivity index (χ3v) is 2.08. The molecule has 1 aromatic heterocycles. The van der Waals surface area contributed by atoms with Crippen LogP contribution in [0.4, 0.5) is 10.5 Å². The maximum Gasteiger partial charge on any atom is 0.339 e. The molecule has 2 aromatic rings. The molecule has 1 heterocycles. The van der Waals surface area contributed by atoms with Gasteiger partial charge in [0.1, 0.15) is 0 Å². The van der Waals surface area contributed by atoms with Crippen LogP contribution in [0, 0.1) is 0 Å². The Kier molecular flexibility index (Phi) is 4.02. The van der Waals surface area contributed by atoms with E-state index in [4.69, 9.17) is 0 Å². The second kappa shape index (κ2) is 6.15. The van der Waals surface area contributed by atoms with Crippen LogP contribution < -0.4 is 10.7 Å². The third-order valence-electron chi connectivity index (χ3n) is 2.08. The normalized spacial score (nSPS) is 10.2. The molecule has 18 heavy (non-hydrogen) atoms. The Hall–Kier alpha value is -2.69. The summed E-state index contributed by atoms with van der Waals surface area (Å²) in [6.45, 7) is 0. The molecule has 2 N–H and O–H groups in total. The summed E-state index contributed by atoms with van der Waals surface area (Å²) in [5, 5.41) is 6.43. The molecule has 90 valence electrons. The standard InChI is InChI=1S/C13H12N4O/c18-13(16-11-6-2-1-3-7-11)17-15-10-12-8-4-5-9-14-12/h1-10H,(H2,16,17,18). The molecule has 2 rings (SSSR count). The molecular formula is C13H12N4O. The van der Waals surface area contributed by atoms with Gasteiger partial charge in [-0.1, -0.05) is 24.3 Å². The van der Waals surface area contributed by atoms with Gasteiger partial charge in [-0.2, -0.15) is 5.10 Å². The fraction of sp³-hybridized carbons (Fsp3) is 0. The van der Waals surface area contributed by atoms with Gasteiger partial charge >= 0.3 is 6.03 Å². The number of hydrogen-bond donors (Lipinski definition) is 2. The first kappa shape index (κ1) is 11.8. The van der Waals surface area contributed by atoms with Gasteiger partial charge in [-0.05, 0) is 24.3 Å². The van der Waals surface area contributed by atoms with Crippen molar-refractivity contribution in [2.75, 3.05) is 5.32 Å². The van der Waals surface area contributed by atoms with E-state index in [1.165, 1.54) is 6.21 Å². The molecule has 2 amide bonds. The Balaban J connectivity index is 1.84. The molecule has 5 heteroatoms. The highest BCUT2D eigenvalue weighted by molar-refractivity contribution is 5.90. The molecule has 0 saturated carbocycles. The molecule has 0 unspecified atom stereocenters. The Morgan fingerprint density at radius 2 is 1.89 bits per heavy atom. The zero-order chi connectivity index (χ0) is 12.6. The van der Waals surface area contributed by atoms with Gasteiger partial charge in [0.2, 0.25) is 0 Å². The zero-order valence-electron chi connectivity index (χ0n) is 9.58. The minimum Gasteiger partial charge on any atom is -0.307 e. The molecule has 5 nitrogen and oxygen atoms in total. The van der Waals surface area contributed by atoms with Gasteiger partial charge in [-0.25, -0.2) is 10.2 Å². The number of para-hydroxylation sites is 1.